The molecular formula is C21H19ClN4O6S2. The van der Waals surface area contributed by atoms with E-state index >= 15 is 0 Å². The normalized spacial score (nSPS) is 18.0. The van der Waals surface area contributed by atoms with Crippen molar-refractivity contribution in [3.63, 3.8) is 0 Å². The molecule has 178 valence electrons. The first kappa shape index (κ1) is 24.4. The first-order chi connectivity index (χ1) is 16.3. The molecule has 13 heteroatoms. The number of nitro groups is 1. The number of hydrazine groups is 1. The van der Waals surface area contributed by atoms with Gasteiger partial charge in [-0.15, -0.1) is 0 Å². The molecule has 0 unspecified atom stereocenters. The van der Waals surface area contributed by atoms with E-state index in [1.807, 2.05) is 0 Å². The summed E-state index contributed by atoms with van der Waals surface area (Å²) >= 11 is 12.5. The summed E-state index contributed by atoms with van der Waals surface area (Å²) in [6, 6.07) is 7.35. The second-order valence-corrected chi connectivity index (χ2v) is 9.46. The zero-order valence-electron chi connectivity index (χ0n) is 17.7. The predicted octanol–water partition coefficient (Wildman–Crippen LogP) is 3.46. The Labute approximate surface area is 209 Å². The maximum atomic E-state index is 12.8. The Morgan fingerprint density at radius 3 is 2.76 bits per heavy atom. The lowest BCUT2D eigenvalue weighted by molar-refractivity contribution is -0.384. The maximum Gasteiger partial charge on any atom is 0.285 e. The SMILES string of the molecule is O=C(CCN1CCOCC1)NN1C(=O)C(=Cc2ccc(-c3ccc([N+](=O)[O-])cc3Cl)o2)SC1=S. The average molecular weight is 523 g/mol. The third kappa shape index (κ3) is 5.65. The van der Waals surface area contributed by atoms with Crippen molar-refractivity contribution in [2.24, 2.45) is 0 Å². The van der Waals surface area contributed by atoms with Gasteiger partial charge in [0, 0.05) is 49.8 Å². The van der Waals surface area contributed by atoms with E-state index in [2.05, 4.69) is 10.3 Å². The topological polar surface area (TPSA) is 118 Å². The first-order valence-corrected chi connectivity index (χ1v) is 11.8. The van der Waals surface area contributed by atoms with Crippen molar-refractivity contribution in [3.8, 4) is 11.3 Å². The van der Waals surface area contributed by atoms with Crippen LogP contribution in [-0.4, -0.2) is 63.8 Å². The van der Waals surface area contributed by atoms with Crippen molar-refractivity contribution < 1.29 is 23.7 Å². The second kappa shape index (κ2) is 10.7. The Morgan fingerprint density at radius 2 is 2.06 bits per heavy atom. The Balaban J connectivity index is 1.40. The molecule has 2 aromatic rings. The fourth-order valence-electron chi connectivity index (χ4n) is 3.35. The van der Waals surface area contributed by atoms with Crippen molar-refractivity contribution in [3.05, 3.63) is 56.1 Å². The van der Waals surface area contributed by atoms with Gasteiger partial charge in [-0.25, -0.2) is 0 Å². The van der Waals surface area contributed by atoms with Crippen LogP contribution in [0.25, 0.3) is 17.4 Å². The molecule has 1 N–H and O–H groups in total. The number of amides is 2. The van der Waals surface area contributed by atoms with Crippen molar-refractivity contribution >= 4 is 63.5 Å². The lowest BCUT2D eigenvalue weighted by Gasteiger charge is -2.26. The van der Waals surface area contributed by atoms with E-state index in [-0.39, 0.29) is 32.3 Å². The number of thioether (sulfide) groups is 1. The van der Waals surface area contributed by atoms with Gasteiger partial charge in [-0.2, -0.15) is 5.01 Å². The molecule has 3 heterocycles. The Kier molecular flexibility index (Phi) is 7.63. The van der Waals surface area contributed by atoms with E-state index in [0.717, 1.165) is 29.9 Å². The monoisotopic (exact) mass is 522 g/mol. The molecule has 0 spiro atoms. The molecule has 0 aliphatic carbocycles. The molecule has 0 bridgehead atoms. The Hall–Kier alpha value is -2.77. The molecule has 2 fully saturated rings. The fraction of sp³-hybridized carbons (Fsp3) is 0.286. The van der Waals surface area contributed by atoms with Crippen LogP contribution in [-0.2, 0) is 14.3 Å². The van der Waals surface area contributed by atoms with E-state index in [4.69, 9.17) is 33.0 Å². The zero-order chi connectivity index (χ0) is 24.2. The maximum absolute atomic E-state index is 12.8. The van der Waals surface area contributed by atoms with E-state index in [9.17, 15) is 19.7 Å². The number of carbonyl (C=O) groups excluding carboxylic acids is 2. The van der Waals surface area contributed by atoms with Gasteiger partial charge in [0.05, 0.1) is 28.1 Å². The van der Waals surface area contributed by atoms with Gasteiger partial charge in [-0.05, 0) is 30.4 Å². The molecule has 1 aromatic heterocycles. The molecule has 2 aliphatic heterocycles. The summed E-state index contributed by atoms with van der Waals surface area (Å²) in [5, 5.41) is 12.1. The van der Waals surface area contributed by atoms with Gasteiger partial charge in [-0.1, -0.05) is 23.4 Å². The van der Waals surface area contributed by atoms with E-state index in [1.165, 1.54) is 24.3 Å². The molecule has 0 radical (unpaired) electrons. The lowest BCUT2D eigenvalue weighted by Crippen LogP contribution is -2.46. The summed E-state index contributed by atoms with van der Waals surface area (Å²) in [6.45, 7) is 3.40. The number of nitrogens with one attached hydrogen (secondary N) is 1. The number of nitro benzene ring substituents is 1. The number of halogens is 1. The number of carbonyl (C=O) groups is 2. The van der Waals surface area contributed by atoms with Crippen LogP contribution in [0, 0.1) is 10.1 Å². The van der Waals surface area contributed by atoms with Gasteiger partial charge >= 0.3 is 0 Å². The highest BCUT2D eigenvalue weighted by Gasteiger charge is 2.34. The Morgan fingerprint density at radius 1 is 1.29 bits per heavy atom. The fourth-order valence-corrected chi connectivity index (χ4v) is 4.78. The van der Waals surface area contributed by atoms with Crippen molar-refractivity contribution in [2.45, 2.75) is 6.42 Å². The zero-order valence-corrected chi connectivity index (χ0v) is 20.1. The highest BCUT2D eigenvalue weighted by Crippen LogP contribution is 2.35. The van der Waals surface area contributed by atoms with Gasteiger partial charge in [0.25, 0.3) is 11.6 Å². The number of benzene rings is 1. The van der Waals surface area contributed by atoms with Crippen molar-refractivity contribution in [1.82, 2.24) is 15.3 Å². The van der Waals surface area contributed by atoms with Gasteiger partial charge < -0.3 is 9.15 Å². The number of rotatable bonds is 7. The quantitative estimate of drug-likeness (QED) is 0.252. The smallest absolute Gasteiger partial charge is 0.285 e. The average Bonchev–Trinajstić information content (AvgIpc) is 3.38. The number of ether oxygens (including phenoxy) is 1. The molecule has 34 heavy (non-hydrogen) atoms. The van der Waals surface area contributed by atoms with Gasteiger partial charge in [0.15, 0.2) is 4.32 Å². The third-order valence-corrected chi connectivity index (χ3v) is 6.73. The number of thiocarbonyl (C=S) groups is 1. The first-order valence-electron chi connectivity index (χ1n) is 10.2. The number of morpholine rings is 1. The summed E-state index contributed by atoms with van der Waals surface area (Å²) in [7, 11) is 0. The standard InChI is InChI=1S/C21H19ClN4O6S2/c22-16-11-13(26(29)30)1-3-15(16)17-4-2-14(32-17)12-18-20(28)25(21(33)34-18)23-19(27)5-6-24-7-9-31-10-8-24/h1-4,11-12H,5-10H2,(H,23,27). The van der Waals surface area contributed by atoms with Gasteiger partial charge in [0.1, 0.15) is 11.5 Å². The van der Waals surface area contributed by atoms with Crippen LogP contribution >= 0.6 is 35.6 Å². The third-order valence-electron chi connectivity index (χ3n) is 5.12. The predicted molar refractivity (Wildman–Crippen MR) is 131 cm³/mol. The van der Waals surface area contributed by atoms with Crippen LogP contribution in [0.15, 0.2) is 39.7 Å². The van der Waals surface area contributed by atoms with Crippen LogP contribution in [0.3, 0.4) is 0 Å². The summed E-state index contributed by atoms with van der Waals surface area (Å²) in [4.78, 5) is 37.9. The minimum atomic E-state index is -0.535. The lowest BCUT2D eigenvalue weighted by atomic mass is 10.1. The highest BCUT2D eigenvalue weighted by molar-refractivity contribution is 8.26. The van der Waals surface area contributed by atoms with Crippen molar-refractivity contribution in [2.75, 3.05) is 32.8 Å². The second-order valence-electron chi connectivity index (χ2n) is 7.38. The molecule has 4 rings (SSSR count). The van der Waals surface area contributed by atoms with E-state index in [0.29, 0.717) is 36.8 Å². The van der Waals surface area contributed by atoms with E-state index < -0.39 is 10.8 Å². The minimum Gasteiger partial charge on any atom is -0.457 e. The highest BCUT2D eigenvalue weighted by atomic mass is 35.5. The van der Waals surface area contributed by atoms with Crippen LogP contribution in [0.4, 0.5) is 5.69 Å². The number of hydrogen-bond acceptors (Lipinski definition) is 9. The molecule has 0 saturated carbocycles. The summed E-state index contributed by atoms with van der Waals surface area (Å²) in [5.74, 6) is -0.0141. The number of nitrogens with zero attached hydrogens (tertiary/aromatic N) is 3. The van der Waals surface area contributed by atoms with E-state index in [1.54, 1.807) is 12.1 Å². The van der Waals surface area contributed by atoms with Crippen LogP contribution < -0.4 is 5.43 Å². The summed E-state index contributed by atoms with van der Waals surface area (Å²) in [5.41, 5.74) is 2.92. The molecule has 0 atom stereocenters. The number of non-ortho nitro benzene ring substituents is 1. The summed E-state index contributed by atoms with van der Waals surface area (Å²) in [6.07, 6.45) is 1.75. The molecule has 2 amide bonds. The number of furan rings is 1. The molecular weight excluding hydrogens is 504 g/mol. The molecule has 2 aliphatic rings. The van der Waals surface area contributed by atoms with Gasteiger partial charge in [-0.3, -0.25) is 30.0 Å². The molecule has 10 nitrogen and oxygen atoms in total. The van der Waals surface area contributed by atoms with Crippen LogP contribution in [0.1, 0.15) is 12.2 Å². The number of hydrogen-bond donors (Lipinski definition) is 1. The minimum absolute atomic E-state index is 0.129. The molecule has 2 saturated heterocycles. The van der Waals surface area contributed by atoms with Crippen LogP contribution in [0.2, 0.25) is 5.02 Å². The largest absolute Gasteiger partial charge is 0.457 e. The van der Waals surface area contributed by atoms with Crippen molar-refractivity contribution in [1.29, 1.82) is 0 Å². The summed E-state index contributed by atoms with van der Waals surface area (Å²) < 4.78 is 11.3. The van der Waals surface area contributed by atoms with Crippen LogP contribution in [0.5, 0.6) is 0 Å². The van der Waals surface area contributed by atoms with Gasteiger partial charge in [0.2, 0.25) is 5.91 Å². The Bertz CT molecular complexity index is 1180. The molecule has 1 aromatic carbocycles.